The molecule has 1 heterocycles. The summed E-state index contributed by atoms with van der Waals surface area (Å²) in [7, 11) is -4.23. The Hall–Kier alpha value is -4.30. The number of hydrazine groups is 2. The normalized spacial score (nSPS) is 19.3. The number of Topliss-reactive ketones (excluding diaryl/α,β-unsaturated/α-hetero) is 1. The lowest BCUT2D eigenvalue weighted by Crippen LogP contribution is -2.52. The van der Waals surface area contributed by atoms with Gasteiger partial charge in [0.15, 0.2) is 5.78 Å². The quantitative estimate of drug-likeness (QED) is 0.0333. The maximum Gasteiger partial charge on any atom is 0.421 e. The first kappa shape index (κ1) is 54.0. The van der Waals surface area contributed by atoms with Crippen molar-refractivity contribution in [2.24, 2.45) is 35.3 Å². The summed E-state index contributed by atoms with van der Waals surface area (Å²) in [5, 5.41) is 7.17. The van der Waals surface area contributed by atoms with Gasteiger partial charge in [0, 0.05) is 37.5 Å². The third-order valence-corrected chi connectivity index (χ3v) is 13.5. The lowest BCUT2D eigenvalue weighted by Gasteiger charge is -2.40. The summed E-state index contributed by atoms with van der Waals surface area (Å²) in [6.07, 6.45) is 2.05. The van der Waals surface area contributed by atoms with Gasteiger partial charge in [0.05, 0.1) is 37.1 Å². The number of rotatable bonds is 27. The number of ketones is 1. The highest BCUT2D eigenvalue weighted by atomic mass is 32.2. The number of nitrogens with one attached hydrogen (secondary N) is 7. The molecule has 5 amide bonds. The van der Waals surface area contributed by atoms with Crippen molar-refractivity contribution in [1.82, 2.24) is 45.1 Å². The second-order valence-electron chi connectivity index (χ2n) is 16.8. The van der Waals surface area contributed by atoms with Crippen LogP contribution in [0.4, 0.5) is 19.2 Å². The molecule has 23 nitrogen and oxygen atoms in total. The van der Waals surface area contributed by atoms with Gasteiger partial charge in [0.25, 0.3) is 0 Å². The minimum atomic E-state index is -4.23. The van der Waals surface area contributed by atoms with E-state index in [0.29, 0.717) is 11.8 Å². The Kier molecular flexibility index (Phi) is 22.0. The molecule has 4 unspecified atom stereocenters. The molecule has 25 heteroatoms. The second kappa shape index (κ2) is 26.0. The van der Waals surface area contributed by atoms with Crippen LogP contribution in [0.15, 0.2) is 11.4 Å². The van der Waals surface area contributed by atoms with Gasteiger partial charge in [-0.3, -0.25) is 19.3 Å². The van der Waals surface area contributed by atoms with Gasteiger partial charge in [-0.2, -0.15) is 13.1 Å². The number of fused-ring (bicyclic) bond motifs is 1. The fourth-order valence-corrected chi connectivity index (χ4v) is 8.78. The molecule has 0 saturated heterocycles. The Morgan fingerprint density at radius 2 is 1.41 bits per heavy atom. The number of carbonyl (C=O) groups excluding carboxylic acids is 6. The molecule has 9 N–H and O–H groups in total. The van der Waals surface area contributed by atoms with Crippen molar-refractivity contribution < 1.29 is 60.9 Å². The fourth-order valence-electron chi connectivity index (χ4n) is 7.48. The zero-order valence-corrected chi connectivity index (χ0v) is 39.9. The van der Waals surface area contributed by atoms with Crippen LogP contribution in [0, 0.1) is 29.6 Å². The van der Waals surface area contributed by atoms with Crippen LogP contribution >= 0.6 is 12.1 Å². The molecule has 0 aromatic heterocycles. The summed E-state index contributed by atoms with van der Waals surface area (Å²) >= 11 is 0.767. The van der Waals surface area contributed by atoms with Crippen molar-refractivity contribution in [2.75, 3.05) is 59.3 Å². The molecule has 64 heavy (non-hydrogen) atoms. The smallest absolute Gasteiger partial charge is 0.421 e. The third kappa shape index (κ3) is 17.6. The molecule has 1 aliphatic heterocycles. The van der Waals surface area contributed by atoms with E-state index in [2.05, 4.69) is 56.8 Å². The predicted molar refractivity (Wildman–Crippen MR) is 235 cm³/mol. The number of amides is 5. The largest absolute Gasteiger partial charge is 0.449 e. The maximum absolute atomic E-state index is 12.4. The molecule has 0 aromatic rings. The number of allylic oxidation sites excluding steroid dienone is 2. The van der Waals surface area contributed by atoms with Crippen LogP contribution in [0.5, 0.6) is 0 Å². The zero-order valence-electron chi connectivity index (χ0n) is 38.2. The van der Waals surface area contributed by atoms with E-state index in [9.17, 15) is 37.2 Å². The molecule has 0 spiro atoms. The van der Waals surface area contributed by atoms with Crippen molar-refractivity contribution in [3.05, 3.63) is 11.4 Å². The molecule has 3 rings (SSSR count). The van der Waals surface area contributed by atoms with E-state index in [1.165, 1.54) is 22.6 Å². The summed E-state index contributed by atoms with van der Waals surface area (Å²) in [5.74, 6) is -0.424. The van der Waals surface area contributed by atoms with Crippen molar-refractivity contribution in [3.8, 4) is 0 Å². The molecule has 0 radical (unpaired) electrons. The average Bonchev–Trinajstić information content (AvgIpc) is 3.71. The Balaban J connectivity index is 1.32. The predicted octanol–water partition coefficient (Wildman–Crippen LogP) is 2.28. The van der Waals surface area contributed by atoms with E-state index < -0.39 is 52.6 Å². The number of alkyl carbamates (subject to hydrolysis) is 2. The van der Waals surface area contributed by atoms with Gasteiger partial charge in [-0.1, -0.05) is 41.5 Å². The van der Waals surface area contributed by atoms with Crippen molar-refractivity contribution in [1.29, 1.82) is 0 Å². The number of ether oxygens (including phenoxy) is 5. The van der Waals surface area contributed by atoms with Gasteiger partial charge < -0.3 is 45.5 Å². The van der Waals surface area contributed by atoms with Crippen LogP contribution in [-0.4, -0.2) is 131 Å². The number of carbonyl (C=O) groups is 6. The molecular formula is C39H70N10O13S2. The fraction of sp³-hybridized carbons (Fsp3) is 0.795. The van der Waals surface area contributed by atoms with Gasteiger partial charge in [0.2, 0.25) is 5.91 Å². The second-order valence-corrected chi connectivity index (χ2v) is 19.2. The van der Waals surface area contributed by atoms with E-state index in [1.54, 1.807) is 27.7 Å². The van der Waals surface area contributed by atoms with Crippen molar-refractivity contribution >= 4 is 58.4 Å². The first-order valence-corrected chi connectivity index (χ1v) is 24.0. The van der Waals surface area contributed by atoms with Crippen molar-refractivity contribution in [3.63, 3.8) is 0 Å². The average molecular weight is 951 g/mol. The summed E-state index contributed by atoms with van der Waals surface area (Å²) in [5.41, 5.74) is 14.6. The van der Waals surface area contributed by atoms with Gasteiger partial charge in [0.1, 0.15) is 25.9 Å². The van der Waals surface area contributed by atoms with Crippen LogP contribution in [0.25, 0.3) is 0 Å². The van der Waals surface area contributed by atoms with Crippen molar-refractivity contribution in [2.45, 2.75) is 112 Å². The monoisotopic (exact) mass is 950 g/mol. The third-order valence-electron chi connectivity index (χ3n) is 11.6. The topological polar surface area (TPSA) is 299 Å². The molecule has 3 aliphatic rings. The van der Waals surface area contributed by atoms with E-state index >= 15 is 0 Å². The lowest BCUT2D eigenvalue weighted by atomic mass is 9.92. The first-order chi connectivity index (χ1) is 30.2. The molecule has 1 saturated carbocycles. The Morgan fingerprint density at radius 3 is 1.97 bits per heavy atom. The zero-order chi connectivity index (χ0) is 47.6. The summed E-state index contributed by atoms with van der Waals surface area (Å²) in [4.78, 5) is 72.8. The Labute approximate surface area is 380 Å². The number of primary amides is 1. The van der Waals surface area contributed by atoms with E-state index in [4.69, 9.17) is 29.4 Å². The molecule has 0 aromatic carbocycles. The molecule has 0 bridgehead atoms. The van der Waals surface area contributed by atoms with Crippen LogP contribution in [0.3, 0.4) is 0 Å². The minimum absolute atomic E-state index is 0.00708. The molecule has 366 valence electrons. The van der Waals surface area contributed by atoms with E-state index in [0.717, 1.165) is 50.7 Å². The van der Waals surface area contributed by atoms with E-state index in [-0.39, 0.29) is 88.4 Å². The molecule has 5 atom stereocenters. The van der Waals surface area contributed by atoms with Crippen LogP contribution < -0.4 is 41.5 Å². The van der Waals surface area contributed by atoms with Crippen LogP contribution in [-0.2, 0) is 43.5 Å². The first-order valence-electron chi connectivity index (χ1n) is 21.8. The summed E-state index contributed by atoms with van der Waals surface area (Å²) < 4.78 is 59.0. The highest BCUT2D eigenvalue weighted by Gasteiger charge is 2.51. The van der Waals surface area contributed by atoms with E-state index in [1.807, 2.05) is 4.72 Å². The molecular weight excluding hydrogens is 881 g/mol. The van der Waals surface area contributed by atoms with Gasteiger partial charge >= 0.3 is 34.6 Å². The minimum Gasteiger partial charge on any atom is -0.449 e. The molecule has 2 aliphatic carbocycles. The summed E-state index contributed by atoms with van der Waals surface area (Å²) in [6, 6.07) is -1.68. The van der Waals surface area contributed by atoms with Gasteiger partial charge in [-0.05, 0) is 82.0 Å². The molecule has 1 fully saturated rings. The number of nitrogens with two attached hydrogens (primary N) is 1. The van der Waals surface area contributed by atoms with Crippen LogP contribution in [0.1, 0.15) is 93.9 Å². The van der Waals surface area contributed by atoms with Gasteiger partial charge in [-0.25, -0.2) is 28.2 Å². The van der Waals surface area contributed by atoms with Gasteiger partial charge in [-0.15, -0.1) is 5.53 Å². The highest BCUT2D eigenvalue weighted by Crippen LogP contribution is 2.54. The van der Waals surface area contributed by atoms with Crippen LogP contribution in [0.2, 0.25) is 0 Å². The standard InChI is InChI=1S/C39H70N10O13S2/c1-9-39(8,10-2)49-31-14-12-28-27(11-13-30(31)44-47-49)29(28)23-62-38(55)46-64(56,57)41-15-18-58-21-22-61-37(54)45-63-48(16-19-59-35(52)42-32(24(3)4)26(7)50)17-20-60-36(53)43-33(25(5)6)34(40)51/h24-25,27-29,32-33,41,44,47H,9-23H2,1-8H3,(H2,40,51)(H,42,52)(H,43,53)(H,45,54)(H,46,55)/t27?,28?,29-,32?,33?/m1/s1. The Morgan fingerprint density at radius 1 is 0.828 bits per heavy atom. The highest BCUT2D eigenvalue weighted by molar-refractivity contribution is 7.95. The number of nitrogens with zero attached hydrogens (tertiary/aromatic N) is 2. The summed E-state index contributed by atoms with van der Waals surface area (Å²) in [6.45, 7) is 14.2. The lowest BCUT2D eigenvalue weighted by molar-refractivity contribution is -0.121. The maximum atomic E-state index is 12.4. The Bertz CT molecular complexity index is 1690. The number of hydrogen-bond acceptors (Lipinski definition) is 18. The SMILES string of the molecule is CCC(C)(CC)N1NNC2=C1CCC1C(CC2)[C@H]1COC(=O)NS(=O)(=O)NCCOCCOC(=O)NSN(CCOC(=O)NC(C(C)=O)C(C)C)CCOC(=O)NC(C(N)=O)C(C)C. The number of hydrogen-bond donors (Lipinski definition) is 8.